The minimum absolute atomic E-state index is 0.336. The Morgan fingerprint density at radius 1 is 1.24 bits per heavy atom. The van der Waals surface area contributed by atoms with Gasteiger partial charge >= 0.3 is 0 Å². The van der Waals surface area contributed by atoms with Crippen LogP contribution < -0.4 is 0 Å². The van der Waals surface area contributed by atoms with E-state index in [4.69, 9.17) is 8.94 Å². The van der Waals surface area contributed by atoms with Gasteiger partial charge < -0.3 is 14.0 Å². The van der Waals surface area contributed by atoms with Gasteiger partial charge in [0.15, 0.2) is 6.39 Å². The van der Waals surface area contributed by atoms with Crippen LogP contribution in [0.5, 0.6) is 0 Å². The summed E-state index contributed by atoms with van der Waals surface area (Å²) in [5.41, 5.74) is 0.912. The SMILES string of the molecule is OC1(Cc2nc(-c3cocn3)no2)CCCN(Cc2ccccc2)C1. The number of piperidine rings is 1. The molecule has 0 spiro atoms. The second-order valence-corrected chi connectivity index (χ2v) is 6.59. The van der Waals surface area contributed by atoms with Crippen molar-refractivity contribution in [2.75, 3.05) is 13.1 Å². The third-order valence-corrected chi connectivity index (χ3v) is 4.49. The van der Waals surface area contributed by atoms with Crippen molar-refractivity contribution in [3.05, 3.63) is 54.4 Å². The van der Waals surface area contributed by atoms with Crippen LogP contribution >= 0.6 is 0 Å². The lowest BCUT2D eigenvalue weighted by Crippen LogP contribution is -2.49. The van der Waals surface area contributed by atoms with E-state index in [0.29, 0.717) is 30.4 Å². The highest BCUT2D eigenvalue weighted by atomic mass is 16.5. The molecule has 1 aliphatic heterocycles. The lowest BCUT2D eigenvalue weighted by atomic mass is 9.89. The molecule has 1 aromatic carbocycles. The van der Waals surface area contributed by atoms with Gasteiger partial charge in [0, 0.05) is 13.1 Å². The molecule has 7 heteroatoms. The zero-order valence-corrected chi connectivity index (χ0v) is 13.8. The number of aliphatic hydroxyl groups is 1. The zero-order valence-electron chi connectivity index (χ0n) is 13.8. The van der Waals surface area contributed by atoms with Crippen molar-refractivity contribution in [3.63, 3.8) is 0 Å². The molecule has 0 radical (unpaired) electrons. The Hall–Kier alpha value is -2.51. The van der Waals surface area contributed by atoms with Gasteiger partial charge in [0.25, 0.3) is 0 Å². The molecular formula is C18H20N4O3. The molecule has 0 amide bonds. The fourth-order valence-corrected chi connectivity index (χ4v) is 3.36. The molecule has 1 fully saturated rings. The second-order valence-electron chi connectivity index (χ2n) is 6.59. The number of hydrogen-bond acceptors (Lipinski definition) is 7. The third kappa shape index (κ3) is 3.78. The van der Waals surface area contributed by atoms with Gasteiger partial charge in [0.2, 0.25) is 11.7 Å². The Labute approximate surface area is 145 Å². The minimum atomic E-state index is -0.860. The van der Waals surface area contributed by atoms with Gasteiger partial charge in [-0.15, -0.1) is 0 Å². The molecule has 130 valence electrons. The molecule has 3 heterocycles. The van der Waals surface area contributed by atoms with Gasteiger partial charge in [-0.2, -0.15) is 4.98 Å². The fraction of sp³-hybridized carbons (Fsp3) is 0.389. The monoisotopic (exact) mass is 340 g/mol. The lowest BCUT2D eigenvalue weighted by Gasteiger charge is -2.38. The molecule has 1 unspecified atom stereocenters. The number of β-amino-alcohol motifs (C(OH)–C–C–N with tert-alkyl or cyclic N) is 1. The van der Waals surface area contributed by atoms with E-state index in [2.05, 4.69) is 32.2 Å². The maximum Gasteiger partial charge on any atom is 0.229 e. The predicted molar refractivity (Wildman–Crippen MR) is 89.4 cm³/mol. The summed E-state index contributed by atoms with van der Waals surface area (Å²) in [6.45, 7) is 2.39. The number of nitrogens with zero attached hydrogens (tertiary/aromatic N) is 4. The predicted octanol–water partition coefficient (Wildman–Crippen LogP) is 2.29. The van der Waals surface area contributed by atoms with Gasteiger partial charge in [-0.3, -0.25) is 4.90 Å². The summed E-state index contributed by atoms with van der Waals surface area (Å²) in [6.07, 6.45) is 4.78. The first-order valence-electron chi connectivity index (χ1n) is 8.40. The highest BCUT2D eigenvalue weighted by Gasteiger charge is 2.35. The maximum atomic E-state index is 11.0. The number of rotatable bonds is 5. The third-order valence-electron chi connectivity index (χ3n) is 4.49. The number of benzene rings is 1. The number of aromatic nitrogens is 3. The Morgan fingerprint density at radius 2 is 2.12 bits per heavy atom. The van der Waals surface area contributed by atoms with E-state index in [1.165, 1.54) is 18.2 Å². The standard InChI is InChI=1S/C18H20N4O3/c23-18(9-16-20-17(21-25-16)15-11-24-13-19-15)7-4-8-22(12-18)10-14-5-2-1-3-6-14/h1-3,5-6,11,13,23H,4,7-10,12H2. The molecule has 0 aliphatic carbocycles. The molecule has 1 N–H and O–H groups in total. The Morgan fingerprint density at radius 3 is 2.92 bits per heavy atom. The van der Waals surface area contributed by atoms with Crippen LogP contribution in [0.1, 0.15) is 24.3 Å². The smallest absolute Gasteiger partial charge is 0.229 e. The van der Waals surface area contributed by atoms with Gasteiger partial charge in [-0.25, -0.2) is 4.98 Å². The first-order chi connectivity index (χ1) is 12.2. The highest BCUT2D eigenvalue weighted by molar-refractivity contribution is 5.44. The molecule has 2 aromatic heterocycles. The first kappa shape index (κ1) is 16.0. The number of hydrogen-bond donors (Lipinski definition) is 1. The van der Waals surface area contributed by atoms with Crippen LogP contribution in [0.15, 0.2) is 51.9 Å². The van der Waals surface area contributed by atoms with Crippen LogP contribution in [-0.2, 0) is 13.0 Å². The molecule has 1 saturated heterocycles. The summed E-state index contributed by atoms with van der Waals surface area (Å²) in [4.78, 5) is 10.6. The Kier molecular flexibility index (Phi) is 4.33. The zero-order chi connectivity index (χ0) is 17.1. The van der Waals surface area contributed by atoms with Gasteiger partial charge in [0.05, 0.1) is 12.0 Å². The largest absolute Gasteiger partial charge is 0.451 e. The summed E-state index contributed by atoms with van der Waals surface area (Å²) >= 11 is 0. The van der Waals surface area contributed by atoms with E-state index in [9.17, 15) is 5.11 Å². The number of oxazole rings is 1. The van der Waals surface area contributed by atoms with Crippen molar-refractivity contribution in [3.8, 4) is 11.5 Å². The van der Waals surface area contributed by atoms with Gasteiger partial charge in [-0.1, -0.05) is 35.5 Å². The maximum absolute atomic E-state index is 11.0. The Bertz CT molecular complexity index is 803. The summed E-state index contributed by atoms with van der Waals surface area (Å²) in [7, 11) is 0. The normalized spacial score (nSPS) is 21.5. The molecule has 7 nitrogen and oxygen atoms in total. The van der Waals surface area contributed by atoms with Crippen LogP contribution in [0, 0.1) is 0 Å². The van der Waals surface area contributed by atoms with E-state index in [-0.39, 0.29) is 0 Å². The van der Waals surface area contributed by atoms with E-state index < -0.39 is 5.60 Å². The number of likely N-dealkylation sites (tertiary alicyclic amines) is 1. The molecule has 0 bridgehead atoms. The van der Waals surface area contributed by atoms with Crippen molar-refractivity contribution >= 4 is 0 Å². The average Bonchev–Trinajstić information content (AvgIpc) is 3.27. The van der Waals surface area contributed by atoms with Crippen LogP contribution in [0.3, 0.4) is 0 Å². The van der Waals surface area contributed by atoms with Crippen molar-refractivity contribution in [2.45, 2.75) is 31.4 Å². The Balaban J connectivity index is 1.42. The second kappa shape index (κ2) is 6.78. The summed E-state index contributed by atoms with van der Waals surface area (Å²) in [6, 6.07) is 10.3. The van der Waals surface area contributed by atoms with Crippen LogP contribution in [0.25, 0.3) is 11.5 Å². The minimum Gasteiger partial charge on any atom is -0.451 e. The topological polar surface area (TPSA) is 88.4 Å². The lowest BCUT2D eigenvalue weighted by molar-refractivity contribution is -0.0373. The molecule has 1 aliphatic rings. The van der Waals surface area contributed by atoms with E-state index in [0.717, 1.165) is 25.9 Å². The van der Waals surface area contributed by atoms with Crippen LogP contribution in [0.4, 0.5) is 0 Å². The van der Waals surface area contributed by atoms with Gasteiger partial charge in [-0.05, 0) is 24.9 Å². The van der Waals surface area contributed by atoms with E-state index >= 15 is 0 Å². The molecular weight excluding hydrogens is 320 g/mol. The van der Waals surface area contributed by atoms with Crippen LogP contribution in [-0.4, -0.2) is 43.8 Å². The molecule has 1 atom stereocenters. The van der Waals surface area contributed by atoms with E-state index in [1.807, 2.05) is 18.2 Å². The summed E-state index contributed by atoms with van der Waals surface area (Å²) < 4.78 is 10.2. The van der Waals surface area contributed by atoms with Gasteiger partial charge in [0.1, 0.15) is 12.0 Å². The van der Waals surface area contributed by atoms with Crippen molar-refractivity contribution in [1.29, 1.82) is 0 Å². The van der Waals surface area contributed by atoms with Crippen molar-refractivity contribution in [2.24, 2.45) is 0 Å². The molecule has 4 rings (SSSR count). The summed E-state index contributed by atoms with van der Waals surface area (Å²) in [5.74, 6) is 0.798. The fourth-order valence-electron chi connectivity index (χ4n) is 3.36. The van der Waals surface area contributed by atoms with Crippen LogP contribution in [0.2, 0.25) is 0 Å². The molecule has 25 heavy (non-hydrogen) atoms. The van der Waals surface area contributed by atoms with E-state index in [1.54, 1.807) is 0 Å². The quantitative estimate of drug-likeness (QED) is 0.762. The first-order valence-corrected chi connectivity index (χ1v) is 8.40. The molecule has 0 saturated carbocycles. The highest BCUT2D eigenvalue weighted by Crippen LogP contribution is 2.26. The summed E-state index contributed by atoms with van der Waals surface area (Å²) in [5, 5.41) is 14.9. The van der Waals surface area contributed by atoms with Crippen molar-refractivity contribution in [1.82, 2.24) is 20.0 Å². The molecule has 3 aromatic rings. The van der Waals surface area contributed by atoms with Crippen molar-refractivity contribution < 1.29 is 14.0 Å². The average molecular weight is 340 g/mol.